The Morgan fingerprint density at radius 3 is 2.33 bits per heavy atom. The molecule has 1 aliphatic rings. The highest BCUT2D eigenvalue weighted by Crippen LogP contribution is 2.29. The molecular formula is C16H26N2. The Hall–Kier alpha value is -1.18. The molecule has 2 rings (SSSR count). The van der Waals surface area contributed by atoms with Crippen LogP contribution in [0, 0.1) is 5.92 Å². The zero-order valence-corrected chi connectivity index (χ0v) is 12.0. The van der Waals surface area contributed by atoms with Crippen molar-refractivity contribution in [1.29, 1.82) is 0 Å². The summed E-state index contributed by atoms with van der Waals surface area (Å²) in [6.07, 6.45) is 4.73. The molecule has 1 fully saturated rings. The quantitative estimate of drug-likeness (QED) is 0.825. The number of anilines is 2. The van der Waals surface area contributed by atoms with E-state index in [-0.39, 0.29) is 0 Å². The van der Waals surface area contributed by atoms with Gasteiger partial charge in [0.05, 0.1) is 0 Å². The molecule has 1 atom stereocenters. The van der Waals surface area contributed by atoms with E-state index in [0.717, 1.165) is 24.4 Å². The number of hydrogen-bond donors (Lipinski definition) is 1. The maximum Gasteiger partial charge on any atom is 0.0380 e. The number of nitrogens with two attached hydrogens (primary N) is 1. The minimum absolute atomic E-state index is 0.812. The van der Waals surface area contributed by atoms with Crippen molar-refractivity contribution in [3.05, 3.63) is 23.3 Å². The molecule has 0 saturated carbocycles. The fourth-order valence-corrected chi connectivity index (χ4v) is 2.95. The SMILES string of the molecule is CCc1cc(N2CCCC(C)C2)cc(CC)c1N. The highest BCUT2D eigenvalue weighted by molar-refractivity contribution is 5.63. The molecule has 1 aromatic carbocycles. The molecule has 0 spiro atoms. The molecule has 0 radical (unpaired) electrons. The van der Waals surface area contributed by atoms with Crippen LogP contribution in [-0.4, -0.2) is 13.1 Å². The van der Waals surface area contributed by atoms with E-state index in [1.807, 2.05) is 0 Å². The standard InChI is InChI=1S/C16H26N2/c1-4-13-9-15(10-14(5-2)16(13)17)18-8-6-7-12(3)11-18/h9-10,12H,4-8,11,17H2,1-3H3. The summed E-state index contributed by atoms with van der Waals surface area (Å²) in [5, 5.41) is 0. The third kappa shape index (κ3) is 2.63. The molecule has 1 heterocycles. The average Bonchev–Trinajstić information content (AvgIpc) is 2.39. The molecule has 1 saturated heterocycles. The van der Waals surface area contributed by atoms with Crippen LogP contribution in [0.1, 0.15) is 44.7 Å². The normalized spacial score (nSPS) is 20.2. The molecule has 0 bridgehead atoms. The Morgan fingerprint density at radius 2 is 1.83 bits per heavy atom. The summed E-state index contributed by atoms with van der Waals surface area (Å²) in [7, 11) is 0. The van der Waals surface area contributed by atoms with Gasteiger partial charge in [0.25, 0.3) is 0 Å². The Kier molecular flexibility index (Phi) is 4.15. The second kappa shape index (κ2) is 5.64. The van der Waals surface area contributed by atoms with Gasteiger partial charge < -0.3 is 10.6 Å². The van der Waals surface area contributed by atoms with Crippen LogP contribution in [0.2, 0.25) is 0 Å². The first-order valence-electron chi connectivity index (χ1n) is 7.31. The molecule has 100 valence electrons. The van der Waals surface area contributed by atoms with E-state index in [1.165, 1.54) is 42.7 Å². The number of piperidine rings is 1. The molecule has 18 heavy (non-hydrogen) atoms. The smallest absolute Gasteiger partial charge is 0.0380 e. The highest BCUT2D eigenvalue weighted by Gasteiger charge is 2.18. The van der Waals surface area contributed by atoms with E-state index >= 15 is 0 Å². The van der Waals surface area contributed by atoms with Crippen LogP contribution in [0.15, 0.2) is 12.1 Å². The Morgan fingerprint density at radius 1 is 1.22 bits per heavy atom. The van der Waals surface area contributed by atoms with Gasteiger partial charge in [-0.1, -0.05) is 20.8 Å². The van der Waals surface area contributed by atoms with Crippen molar-refractivity contribution < 1.29 is 0 Å². The lowest BCUT2D eigenvalue weighted by Crippen LogP contribution is -2.34. The number of rotatable bonds is 3. The lowest BCUT2D eigenvalue weighted by molar-refractivity contribution is 0.447. The zero-order chi connectivity index (χ0) is 13.1. The Bertz CT molecular complexity index is 387. The number of nitrogen functional groups attached to an aromatic ring is 1. The molecule has 0 aromatic heterocycles. The minimum Gasteiger partial charge on any atom is -0.398 e. The van der Waals surface area contributed by atoms with Crippen molar-refractivity contribution in [1.82, 2.24) is 0 Å². The van der Waals surface area contributed by atoms with Gasteiger partial charge in [0, 0.05) is 24.5 Å². The van der Waals surface area contributed by atoms with E-state index in [4.69, 9.17) is 5.73 Å². The highest BCUT2D eigenvalue weighted by atomic mass is 15.1. The molecule has 0 aliphatic carbocycles. The van der Waals surface area contributed by atoms with Crippen LogP contribution in [0.4, 0.5) is 11.4 Å². The maximum atomic E-state index is 6.21. The van der Waals surface area contributed by atoms with E-state index < -0.39 is 0 Å². The topological polar surface area (TPSA) is 29.3 Å². The summed E-state index contributed by atoms with van der Waals surface area (Å²) in [4.78, 5) is 2.53. The van der Waals surface area contributed by atoms with Gasteiger partial charge in [-0.15, -0.1) is 0 Å². The first kappa shape index (κ1) is 13.3. The van der Waals surface area contributed by atoms with Gasteiger partial charge in [-0.05, 0) is 54.9 Å². The van der Waals surface area contributed by atoms with Gasteiger partial charge >= 0.3 is 0 Å². The van der Waals surface area contributed by atoms with Crippen LogP contribution < -0.4 is 10.6 Å². The van der Waals surface area contributed by atoms with E-state index in [2.05, 4.69) is 37.8 Å². The summed E-state index contributed by atoms with van der Waals surface area (Å²) < 4.78 is 0. The van der Waals surface area contributed by atoms with Gasteiger partial charge in [0.2, 0.25) is 0 Å². The van der Waals surface area contributed by atoms with E-state index in [9.17, 15) is 0 Å². The molecule has 2 heteroatoms. The molecule has 2 nitrogen and oxygen atoms in total. The predicted molar refractivity (Wildman–Crippen MR) is 80.2 cm³/mol. The zero-order valence-electron chi connectivity index (χ0n) is 12.0. The number of nitrogens with zero attached hydrogens (tertiary/aromatic N) is 1. The van der Waals surface area contributed by atoms with Crippen LogP contribution in [0.5, 0.6) is 0 Å². The van der Waals surface area contributed by atoms with Crippen molar-refractivity contribution in [3.8, 4) is 0 Å². The average molecular weight is 246 g/mol. The largest absolute Gasteiger partial charge is 0.398 e. The number of benzene rings is 1. The third-order valence-corrected chi connectivity index (χ3v) is 4.12. The van der Waals surface area contributed by atoms with E-state index in [1.54, 1.807) is 0 Å². The first-order valence-corrected chi connectivity index (χ1v) is 7.31. The molecule has 1 unspecified atom stereocenters. The Labute approximate surface area is 111 Å². The number of aryl methyl sites for hydroxylation is 2. The van der Waals surface area contributed by atoms with Crippen LogP contribution in [0.3, 0.4) is 0 Å². The lowest BCUT2D eigenvalue weighted by Gasteiger charge is -2.33. The van der Waals surface area contributed by atoms with Crippen molar-refractivity contribution >= 4 is 11.4 Å². The first-order chi connectivity index (χ1) is 8.65. The van der Waals surface area contributed by atoms with Crippen LogP contribution >= 0.6 is 0 Å². The summed E-state index contributed by atoms with van der Waals surface area (Å²) in [5.41, 5.74) is 11.2. The summed E-state index contributed by atoms with van der Waals surface area (Å²) >= 11 is 0. The third-order valence-electron chi connectivity index (χ3n) is 4.12. The number of hydrogen-bond acceptors (Lipinski definition) is 2. The van der Waals surface area contributed by atoms with Crippen molar-refractivity contribution in [3.63, 3.8) is 0 Å². The van der Waals surface area contributed by atoms with E-state index in [0.29, 0.717) is 0 Å². The van der Waals surface area contributed by atoms with Crippen molar-refractivity contribution in [2.75, 3.05) is 23.7 Å². The molecular weight excluding hydrogens is 220 g/mol. The minimum atomic E-state index is 0.812. The van der Waals surface area contributed by atoms with Gasteiger partial charge in [-0.25, -0.2) is 0 Å². The van der Waals surface area contributed by atoms with Crippen LogP contribution in [-0.2, 0) is 12.8 Å². The molecule has 0 amide bonds. The summed E-state index contributed by atoms with van der Waals surface area (Å²) in [6.45, 7) is 9.11. The van der Waals surface area contributed by atoms with Gasteiger partial charge in [-0.2, -0.15) is 0 Å². The molecule has 1 aromatic rings. The van der Waals surface area contributed by atoms with Gasteiger partial charge in [0.1, 0.15) is 0 Å². The fourth-order valence-electron chi connectivity index (χ4n) is 2.95. The van der Waals surface area contributed by atoms with Crippen molar-refractivity contribution in [2.24, 2.45) is 5.92 Å². The fraction of sp³-hybridized carbons (Fsp3) is 0.625. The second-order valence-corrected chi connectivity index (χ2v) is 5.58. The lowest BCUT2D eigenvalue weighted by atomic mass is 9.97. The molecule has 2 N–H and O–H groups in total. The van der Waals surface area contributed by atoms with Gasteiger partial charge in [-0.3, -0.25) is 0 Å². The predicted octanol–water partition coefficient (Wildman–Crippen LogP) is 3.63. The van der Waals surface area contributed by atoms with Crippen molar-refractivity contribution in [2.45, 2.75) is 46.5 Å². The van der Waals surface area contributed by atoms with Crippen LogP contribution in [0.25, 0.3) is 0 Å². The summed E-state index contributed by atoms with van der Waals surface area (Å²) in [6, 6.07) is 4.60. The maximum absolute atomic E-state index is 6.21. The summed E-state index contributed by atoms with van der Waals surface area (Å²) in [5.74, 6) is 0.812. The van der Waals surface area contributed by atoms with Gasteiger partial charge in [0.15, 0.2) is 0 Å². The molecule has 1 aliphatic heterocycles. The monoisotopic (exact) mass is 246 g/mol. The Balaban J connectivity index is 2.32. The second-order valence-electron chi connectivity index (χ2n) is 5.58.